The summed E-state index contributed by atoms with van der Waals surface area (Å²) < 4.78 is 0. The predicted molar refractivity (Wildman–Crippen MR) is 113 cm³/mol. The van der Waals surface area contributed by atoms with E-state index in [9.17, 15) is 0 Å². The summed E-state index contributed by atoms with van der Waals surface area (Å²) >= 11 is 0. The zero-order valence-corrected chi connectivity index (χ0v) is 17.2. The van der Waals surface area contributed by atoms with Crippen molar-refractivity contribution < 1.29 is 0 Å². The fourth-order valence-electron chi connectivity index (χ4n) is 2.97. The second-order valence-electron chi connectivity index (χ2n) is 7.16. The Morgan fingerprint density at radius 1 is 0.923 bits per heavy atom. The monoisotopic (exact) mass is 349 g/mol. The molecule has 0 radical (unpaired) electrons. The van der Waals surface area contributed by atoms with Crippen LogP contribution in [0.4, 0.5) is 5.69 Å². The van der Waals surface area contributed by atoms with Gasteiger partial charge in [-0.15, -0.1) is 0 Å². The Kier molecular flexibility index (Phi) is 6.84. The van der Waals surface area contributed by atoms with E-state index in [2.05, 4.69) is 50.9 Å². The van der Waals surface area contributed by atoms with Gasteiger partial charge in [0.1, 0.15) is 0 Å². The van der Waals surface area contributed by atoms with Crippen molar-refractivity contribution in [1.82, 2.24) is 4.98 Å². The van der Waals surface area contributed by atoms with E-state index in [1.54, 1.807) is 7.05 Å². The highest BCUT2D eigenvalue weighted by molar-refractivity contribution is 6.01. The number of aromatic nitrogens is 1. The molecule has 2 rings (SSSR count). The van der Waals surface area contributed by atoms with Gasteiger partial charge in [-0.25, -0.2) is 4.98 Å². The van der Waals surface area contributed by atoms with Crippen LogP contribution in [0.2, 0.25) is 0 Å². The van der Waals surface area contributed by atoms with Gasteiger partial charge in [-0.05, 0) is 55.4 Å². The lowest BCUT2D eigenvalue weighted by Crippen LogP contribution is -2.06. The molecule has 0 spiro atoms. The Hall–Kier alpha value is -2.29. The maximum atomic E-state index is 5.06. The van der Waals surface area contributed by atoms with Crippen molar-refractivity contribution in [2.75, 3.05) is 7.05 Å². The molecule has 1 unspecified atom stereocenters. The smallest absolute Gasteiger partial charge is 0.0849 e. The minimum absolute atomic E-state index is 0.430. The number of para-hydroxylation sites is 1. The summed E-state index contributed by atoms with van der Waals surface area (Å²) in [6.07, 6.45) is 1.10. The predicted octanol–water partition coefficient (Wildman–Crippen LogP) is 6.30. The molecular formula is C23H31N3. The fourth-order valence-corrected chi connectivity index (χ4v) is 2.97. The molecule has 1 heterocycles. The van der Waals surface area contributed by atoms with Crippen molar-refractivity contribution in [3.63, 3.8) is 0 Å². The molecule has 0 amide bonds. The lowest BCUT2D eigenvalue weighted by atomic mass is 9.91. The number of pyridine rings is 1. The fraction of sp³-hybridized carbons (Fsp3) is 0.435. The third-order valence-corrected chi connectivity index (χ3v) is 4.97. The van der Waals surface area contributed by atoms with Gasteiger partial charge in [-0.2, -0.15) is 0 Å². The van der Waals surface area contributed by atoms with Crippen molar-refractivity contribution in [2.45, 2.75) is 59.8 Å². The van der Waals surface area contributed by atoms with E-state index in [0.717, 1.165) is 34.9 Å². The first-order valence-electron chi connectivity index (χ1n) is 9.48. The van der Waals surface area contributed by atoms with Gasteiger partial charge in [-0.3, -0.25) is 9.98 Å². The molecule has 0 aliphatic heterocycles. The first kappa shape index (κ1) is 20.0. The van der Waals surface area contributed by atoms with Crippen molar-refractivity contribution in [3.8, 4) is 0 Å². The lowest BCUT2D eigenvalue weighted by Gasteiger charge is -2.18. The SMILES string of the molecule is CCC(C)c1cccc(C(C)C)c1N=C(C)c1cccc(C(C)=NC)n1. The molecule has 0 fully saturated rings. The Labute approximate surface area is 158 Å². The molecule has 0 aliphatic carbocycles. The molecule has 0 aliphatic rings. The Bertz CT molecular complexity index is 816. The summed E-state index contributed by atoms with van der Waals surface area (Å²) in [5.74, 6) is 0.910. The van der Waals surface area contributed by atoms with E-state index < -0.39 is 0 Å². The van der Waals surface area contributed by atoms with Gasteiger partial charge in [0, 0.05) is 7.05 Å². The second kappa shape index (κ2) is 8.88. The minimum Gasteiger partial charge on any atom is -0.291 e. The second-order valence-corrected chi connectivity index (χ2v) is 7.16. The molecule has 0 N–H and O–H groups in total. The average Bonchev–Trinajstić information content (AvgIpc) is 2.66. The summed E-state index contributed by atoms with van der Waals surface area (Å²) in [5, 5.41) is 0. The van der Waals surface area contributed by atoms with Crippen molar-refractivity contribution >= 4 is 17.1 Å². The Balaban J connectivity index is 2.58. The highest BCUT2D eigenvalue weighted by Gasteiger charge is 2.15. The topological polar surface area (TPSA) is 37.6 Å². The molecule has 1 aromatic carbocycles. The number of benzene rings is 1. The van der Waals surface area contributed by atoms with E-state index in [4.69, 9.17) is 9.98 Å². The molecule has 0 saturated heterocycles. The lowest BCUT2D eigenvalue weighted by molar-refractivity contribution is 0.730. The van der Waals surface area contributed by atoms with Crippen LogP contribution in [-0.2, 0) is 0 Å². The molecule has 1 atom stereocenters. The van der Waals surface area contributed by atoms with Crippen molar-refractivity contribution in [1.29, 1.82) is 0 Å². The Morgan fingerprint density at radius 2 is 1.50 bits per heavy atom. The quantitative estimate of drug-likeness (QED) is 0.564. The molecule has 26 heavy (non-hydrogen) atoms. The van der Waals surface area contributed by atoms with Crippen LogP contribution in [0, 0.1) is 0 Å². The van der Waals surface area contributed by atoms with Crippen LogP contribution in [-0.4, -0.2) is 23.5 Å². The highest BCUT2D eigenvalue weighted by Crippen LogP contribution is 2.36. The van der Waals surface area contributed by atoms with Crippen LogP contribution in [0.1, 0.15) is 82.3 Å². The third kappa shape index (κ3) is 4.46. The average molecular weight is 350 g/mol. The van der Waals surface area contributed by atoms with Crippen LogP contribution in [0.15, 0.2) is 46.4 Å². The van der Waals surface area contributed by atoms with Gasteiger partial charge in [0.25, 0.3) is 0 Å². The maximum Gasteiger partial charge on any atom is 0.0849 e. The molecule has 3 nitrogen and oxygen atoms in total. The summed E-state index contributed by atoms with van der Waals surface area (Å²) in [7, 11) is 1.79. The van der Waals surface area contributed by atoms with Gasteiger partial charge in [0.05, 0.1) is 28.5 Å². The van der Waals surface area contributed by atoms with Gasteiger partial charge < -0.3 is 0 Å². The Morgan fingerprint density at radius 3 is 2.08 bits per heavy atom. The van der Waals surface area contributed by atoms with Crippen LogP contribution < -0.4 is 0 Å². The van der Waals surface area contributed by atoms with Crippen LogP contribution in [0.5, 0.6) is 0 Å². The summed E-state index contributed by atoms with van der Waals surface area (Å²) in [6, 6.07) is 12.6. The van der Waals surface area contributed by atoms with Crippen molar-refractivity contribution in [2.24, 2.45) is 9.98 Å². The molecular weight excluding hydrogens is 318 g/mol. The third-order valence-electron chi connectivity index (χ3n) is 4.97. The normalized spacial score (nSPS) is 14.0. The molecule has 3 heteroatoms. The largest absolute Gasteiger partial charge is 0.291 e. The van der Waals surface area contributed by atoms with E-state index in [1.807, 2.05) is 32.0 Å². The summed E-state index contributed by atoms with van der Waals surface area (Å²) in [5.41, 5.74) is 7.40. The first-order valence-corrected chi connectivity index (χ1v) is 9.48. The van der Waals surface area contributed by atoms with E-state index in [0.29, 0.717) is 11.8 Å². The van der Waals surface area contributed by atoms with Crippen molar-refractivity contribution in [3.05, 3.63) is 58.9 Å². The van der Waals surface area contributed by atoms with E-state index in [-0.39, 0.29) is 0 Å². The van der Waals surface area contributed by atoms with Gasteiger partial charge in [0.15, 0.2) is 0 Å². The van der Waals surface area contributed by atoms with Gasteiger partial charge >= 0.3 is 0 Å². The molecule has 1 aromatic heterocycles. The number of hydrogen-bond acceptors (Lipinski definition) is 3. The molecule has 138 valence electrons. The van der Waals surface area contributed by atoms with Crippen LogP contribution >= 0.6 is 0 Å². The number of rotatable bonds is 6. The summed E-state index contributed by atoms with van der Waals surface area (Å²) in [6.45, 7) is 13.0. The zero-order chi connectivity index (χ0) is 19.3. The molecule has 0 bridgehead atoms. The maximum absolute atomic E-state index is 5.06. The van der Waals surface area contributed by atoms with E-state index in [1.165, 1.54) is 11.1 Å². The summed E-state index contributed by atoms with van der Waals surface area (Å²) in [4.78, 5) is 14.1. The first-order chi connectivity index (χ1) is 12.4. The highest BCUT2D eigenvalue weighted by atomic mass is 14.8. The minimum atomic E-state index is 0.430. The van der Waals surface area contributed by atoms with Crippen LogP contribution in [0.3, 0.4) is 0 Å². The standard InChI is InChI=1S/C23H31N3/c1-8-16(4)20-12-9-11-19(15(2)3)23(20)25-18(6)22-14-10-13-21(26-22)17(5)24-7/h9-16H,8H2,1-7H3. The number of aliphatic imine (C=N–C) groups is 2. The molecule has 2 aromatic rings. The number of nitrogens with zero attached hydrogens (tertiary/aromatic N) is 3. The van der Waals surface area contributed by atoms with E-state index >= 15 is 0 Å². The van der Waals surface area contributed by atoms with Crippen LogP contribution in [0.25, 0.3) is 0 Å². The van der Waals surface area contributed by atoms with Gasteiger partial charge in [-0.1, -0.05) is 52.0 Å². The zero-order valence-electron chi connectivity index (χ0n) is 17.2. The van der Waals surface area contributed by atoms with Gasteiger partial charge in [0.2, 0.25) is 0 Å². The number of hydrogen-bond donors (Lipinski definition) is 0. The molecule has 0 saturated carbocycles.